The molecule has 0 amide bonds. The molecule has 0 fully saturated rings. The Kier molecular flexibility index (Phi) is 5.37. The highest BCUT2D eigenvalue weighted by atomic mass is 16.5. The molecule has 2 rings (SSSR count). The van der Waals surface area contributed by atoms with Crippen molar-refractivity contribution in [3.05, 3.63) is 59.2 Å². The van der Waals surface area contributed by atoms with Gasteiger partial charge in [0.2, 0.25) is 0 Å². The van der Waals surface area contributed by atoms with E-state index in [-0.39, 0.29) is 12.4 Å². The zero-order valence-corrected chi connectivity index (χ0v) is 13.5. The van der Waals surface area contributed by atoms with Gasteiger partial charge in [-0.1, -0.05) is 38.1 Å². The molecule has 0 aliphatic carbocycles. The molecule has 0 saturated carbocycles. The summed E-state index contributed by atoms with van der Waals surface area (Å²) < 4.78 is 10.7. The van der Waals surface area contributed by atoms with Gasteiger partial charge in [-0.2, -0.15) is 5.26 Å². The fourth-order valence-corrected chi connectivity index (χ4v) is 2.14. The molecule has 4 nitrogen and oxygen atoms in total. The van der Waals surface area contributed by atoms with Gasteiger partial charge >= 0.3 is 0 Å². The third-order valence-electron chi connectivity index (χ3n) is 3.55. The van der Waals surface area contributed by atoms with Crippen LogP contribution >= 0.6 is 0 Å². The highest BCUT2D eigenvalue weighted by Crippen LogP contribution is 2.28. The average molecular weight is 309 g/mol. The number of nitrogens with zero attached hydrogens (tertiary/aromatic N) is 1. The minimum atomic E-state index is -0.105. The molecule has 2 aromatic carbocycles. The Morgan fingerprint density at radius 2 is 1.83 bits per heavy atom. The molecule has 0 heterocycles. The predicted molar refractivity (Wildman–Crippen MR) is 88.1 cm³/mol. The first kappa shape index (κ1) is 16.6. The number of hydrogen-bond acceptors (Lipinski definition) is 4. The molecule has 23 heavy (non-hydrogen) atoms. The smallest absolute Gasteiger partial charge is 0.200 e. The first-order valence-electron chi connectivity index (χ1n) is 7.39. The molecule has 0 aliphatic rings. The van der Waals surface area contributed by atoms with Crippen molar-refractivity contribution in [3.8, 4) is 17.6 Å². The Morgan fingerprint density at radius 1 is 1.13 bits per heavy atom. The number of methoxy groups -OCH3 is 1. The molecule has 0 atom stereocenters. The molecular formula is C19H19NO3. The predicted octanol–water partition coefficient (Wildman–Crippen LogP) is 3.95. The van der Waals surface area contributed by atoms with Gasteiger partial charge in [0.1, 0.15) is 0 Å². The van der Waals surface area contributed by atoms with Gasteiger partial charge < -0.3 is 9.47 Å². The van der Waals surface area contributed by atoms with Crippen LogP contribution in [0.15, 0.2) is 42.5 Å². The largest absolute Gasteiger partial charge is 0.493 e. The maximum atomic E-state index is 12.2. The summed E-state index contributed by atoms with van der Waals surface area (Å²) in [5.74, 6) is 1.20. The number of benzene rings is 2. The number of rotatable bonds is 6. The minimum Gasteiger partial charge on any atom is -0.493 e. The number of nitriles is 1. The summed E-state index contributed by atoms with van der Waals surface area (Å²) in [6.45, 7) is 4.14. The van der Waals surface area contributed by atoms with Crippen molar-refractivity contribution in [1.29, 1.82) is 5.26 Å². The molecule has 0 aliphatic heterocycles. The summed E-state index contributed by atoms with van der Waals surface area (Å²) in [4.78, 5) is 12.2. The molecule has 0 unspecified atom stereocenters. The van der Waals surface area contributed by atoms with E-state index in [4.69, 9.17) is 14.7 Å². The molecule has 0 saturated heterocycles. The molecule has 0 N–H and O–H groups in total. The summed E-state index contributed by atoms with van der Waals surface area (Å²) in [5, 5.41) is 8.88. The van der Waals surface area contributed by atoms with E-state index in [1.165, 1.54) is 12.7 Å². The van der Waals surface area contributed by atoms with Crippen molar-refractivity contribution in [2.24, 2.45) is 0 Å². The van der Waals surface area contributed by atoms with Gasteiger partial charge in [-0.15, -0.1) is 0 Å². The third-order valence-corrected chi connectivity index (χ3v) is 3.55. The Balaban J connectivity index is 2.06. The zero-order valence-electron chi connectivity index (χ0n) is 13.5. The number of ether oxygens (including phenoxy) is 2. The second kappa shape index (κ2) is 7.46. The topological polar surface area (TPSA) is 59.3 Å². The van der Waals surface area contributed by atoms with Crippen molar-refractivity contribution < 1.29 is 14.3 Å². The second-order valence-electron chi connectivity index (χ2n) is 5.47. The minimum absolute atomic E-state index is 0.0801. The highest BCUT2D eigenvalue weighted by Gasteiger charge is 2.11. The molecule has 0 spiro atoms. The third kappa shape index (κ3) is 4.10. The van der Waals surface area contributed by atoms with Crippen LogP contribution in [0.5, 0.6) is 11.5 Å². The maximum Gasteiger partial charge on any atom is 0.200 e. The van der Waals surface area contributed by atoms with E-state index in [9.17, 15) is 4.79 Å². The van der Waals surface area contributed by atoms with Crippen LogP contribution in [0, 0.1) is 11.3 Å². The van der Waals surface area contributed by atoms with Gasteiger partial charge in [-0.05, 0) is 23.6 Å². The Hall–Kier alpha value is -2.80. The number of Topliss-reactive ketones (excluding diaryl/α,β-unsaturated/α-hetero) is 1. The lowest BCUT2D eigenvalue weighted by atomic mass is 10.0. The van der Waals surface area contributed by atoms with E-state index in [1.54, 1.807) is 18.2 Å². The van der Waals surface area contributed by atoms with Gasteiger partial charge in [-0.25, -0.2) is 0 Å². The number of ketones is 1. The lowest BCUT2D eigenvalue weighted by molar-refractivity contribution is 0.0919. The van der Waals surface area contributed by atoms with Gasteiger partial charge in [0, 0.05) is 11.6 Å². The molecule has 0 aromatic heterocycles. The molecule has 0 radical (unpaired) electrons. The summed E-state index contributed by atoms with van der Waals surface area (Å²) in [7, 11) is 1.50. The van der Waals surface area contributed by atoms with Crippen LogP contribution in [-0.4, -0.2) is 19.5 Å². The SMILES string of the molecule is COc1cc(C#N)ccc1OCC(=O)c1ccc(C(C)C)cc1. The molecule has 0 bridgehead atoms. The first-order chi connectivity index (χ1) is 11.0. The fourth-order valence-electron chi connectivity index (χ4n) is 2.14. The van der Waals surface area contributed by atoms with Crippen LogP contribution in [0.4, 0.5) is 0 Å². The van der Waals surface area contributed by atoms with E-state index < -0.39 is 0 Å². The lowest BCUT2D eigenvalue weighted by Crippen LogP contribution is -2.12. The lowest BCUT2D eigenvalue weighted by Gasteiger charge is -2.11. The van der Waals surface area contributed by atoms with Gasteiger partial charge in [-0.3, -0.25) is 4.79 Å². The second-order valence-corrected chi connectivity index (χ2v) is 5.47. The summed E-state index contributed by atoms with van der Waals surface area (Å²) in [6.07, 6.45) is 0. The quantitative estimate of drug-likeness (QED) is 0.758. The van der Waals surface area contributed by atoms with Crippen molar-refractivity contribution >= 4 is 5.78 Å². The van der Waals surface area contributed by atoms with Crippen LogP contribution in [0.1, 0.15) is 41.3 Å². The van der Waals surface area contributed by atoms with Crippen LogP contribution in [0.25, 0.3) is 0 Å². The Labute approximate surface area is 136 Å². The van der Waals surface area contributed by atoms with E-state index in [0.29, 0.717) is 28.5 Å². The van der Waals surface area contributed by atoms with Gasteiger partial charge in [0.25, 0.3) is 0 Å². The standard InChI is InChI=1S/C19H19NO3/c1-13(2)15-5-7-16(8-6-15)17(21)12-23-18-9-4-14(11-20)10-19(18)22-3/h4-10,13H,12H2,1-3H3. The molecule has 4 heteroatoms. The average Bonchev–Trinajstić information content (AvgIpc) is 2.59. The zero-order chi connectivity index (χ0) is 16.8. The van der Waals surface area contributed by atoms with Crippen molar-refractivity contribution in [2.75, 3.05) is 13.7 Å². The van der Waals surface area contributed by atoms with E-state index in [1.807, 2.05) is 30.3 Å². The maximum absolute atomic E-state index is 12.2. The van der Waals surface area contributed by atoms with E-state index in [2.05, 4.69) is 13.8 Å². The summed E-state index contributed by atoms with van der Waals surface area (Å²) in [6, 6.07) is 14.4. The first-order valence-corrected chi connectivity index (χ1v) is 7.39. The van der Waals surface area contributed by atoms with Crippen LogP contribution in [0.2, 0.25) is 0 Å². The van der Waals surface area contributed by atoms with Crippen LogP contribution < -0.4 is 9.47 Å². The van der Waals surface area contributed by atoms with Crippen molar-refractivity contribution in [2.45, 2.75) is 19.8 Å². The highest BCUT2D eigenvalue weighted by molar-refractivity contribution is 5.97. The monoisotopic (exact) mass is 309 g/mol. The van der Waals surface area contributed by atoms with Crippen molar-refractivity contribution in [3.63, 3.8) is 0 Å². The van der Waals surface area contributed by atoms with E-state index >= 15 is 0 Å². The molecule has 118 valence electrons. The normalized spacial score (nSPS) is 10.2. The summed E-state index contributed by atoms with van der Waals surface area (Å²) in [5.41, 5.74) is 2.28. The van der Waals surface area contributed by atoms with Crippen LogP contribution in [-0.2, 0) is 0 Å². The fraction of sp³-hybridized carbons (Fsp3) is 0.263. The Bertz CT molecular complexity index is 727. The number of carbonyl (C=O) groups excluding carboxylic acids is 1. The Morgan fingerprint density at radius 3 is 2.39 bits per heavy atom. The molecule has 2 aromatic rings. The van der Waals surface area contributed by atoms with Crippen molar-refractivity contribution in [1.82, 2.24) is 0 Å². The van der Waals surface area contributed by atoms with Crippen LogP contribution in [0.3, 0.4) is 0 Å². The van der Waals surface area contributed by atoms with E-state index in [0.717, 1.165) is 0 Å². The van der Waals surface area contributed by atoms with Gasteiger partial charge in [0.15, 0.2) is 23.9 Å². The number of hydrogen-bond donors (Lipinski definition) is 0. The number of carbonyl (C=O) groups is 1. The van der Waals surface area contributed by atoms with Gasteiger partial charge in [0.05, 0.1) is 18.7 Å². The summed E-state index contributed by atoms with van der Waals surface area (Å²) >= 11 is 0. The molecular weight excluding hydrogens is 290 g/mol.